The van der Waals surface area contributed by atoms with Gasteiger partial charge in [0.2, 0.25) is 5.69 Å². The summed E-state index contributed by atoms with van der Waals surface area (Å²) in [5, 5.41) is 4.36. The number of para-hydroxylation sites is 1. The molecule has 8 heteroatoms. The molecule has 0 amide bonds. The van der Waals surface area contributed by atoms with Gasteiger partial charge in [-0.3, -0.25) is 0 Å². The van der Waals surface area contributed by atoms with Crippen molar-refractivity contribution < 1.29 is 14.1 Å². The third-order valence-corrected chi connectivity index (χ3v) is 4.42. The van der Waals surface area contributed by atoms with E-state index in [0.29, 0.717) is 16.9 Å². The minimum absolute atomic E-state index is 0.128. The Morgan fingerprint density at radius 2 is 1.85 bits per heavy atom. The van der Waals surface area contributed by atoms with Gasteiger partial charge >= 0.3 is 5.97 Å². The zero-order chi connectivity index (χ0) is 17.9. The average Bonchev–Trinajstić information content (AvgIpc) is 3.13. The number of rotatable bonds is 4. The first-order chi connectivity index (χ1) is 12.8. The summed E-state index contributed by atoms with van der Waals surface area (Å²) in [6.07, 6.45) is 1.43. The van der Waals surface area contributed by atoms with E-state index >= 15 is 0 Å². The van der Waals surface area contributed by atoms with E-state index in [1.165, 1.54) is 12.0 Å². The molecule has 1 aliphatic rings. The second-order valence-corrected chi connectivity index (χ2v) is 5.94. The molecule has 1 saturated heterocycles. The summed E-state index contributed by atoms with van der Waals surface area (Å²) in [5.74, 6) is 0.136. The molecule has 0 bridgehead atoms. The summed E-state index contributed by atoms with van der Waals surface area (Å²) in [7, 11) is 0. The molecule has 3 heterocycles. The zero-order valence-electron chi connectivity index (χ0n) is 14.5. The maximum Gasteiger partial charge on any atom is 0.361 e. The first kappa shape index (κ1) is 16.3. The number of carbonyl (C=O) groups excluding carboxylic acids is 1. The summed E-state index contributed by atoms with van der Waals surface area (Å²) in [6, 6.07) is 10.3. The van der Waals surface area contributed by atoms with Crippen LogP contribution in [0.25, 0.3) is 11.1 Å². The van der Waals surface area contributed by atoms with Crippen molar-refractivity contribution >= 4 is 28.6 Å². The van der Waals surface area contributed by atoms with Crippen molar-refractivity contribution in [1.82, 2.24) is 15.1 Å². The molecule has 0 atom stereocenters. The van der Waals surface area contributed by atoms with Crippen molar-refractivity contribution in [1.29, 1.82) is 0 Å². The summed E-state index contributed by atoms with van der Waals surface area (Å²) >= 11 is 0. The van der Waals surface area contributed by atoms with Gasteiger partial charge in [-0.1, -0.05) is 23.4 Å². The highest BCUT2D eigenvalue weighted by atomic mass is 16.5. The molecular formula is C18H19N5O3. The number of nitrogens with zero attached hydrogens (tertiary/aromatic N) is 5. The van der Waals surface area contributed by atoms with Crippen LogP contribution in [0.3, 0.4) is 0 Å². The number of fused-ring (bicyclic) bond motifs is 1. The standard InChI is InChI=1S/C18H19N5O3/c1-2-25-18(24)15-14-16(19-12-20-17(14)26-21-15)23-10-8-22(9-11-23)13-6-4-3-5-7-13/h3-7,12H,2,8-11H2,1H3. The number of esters is 1. The lowest BCUT2D eigenvalue weighted by Crippen LogP contribution is -2.47. The van der Waals surface area contributed by atoms with Crippen LogP contribution in [0.4, 0.5) is 11.5 Å². The molecule has 1 fully saturated rings. The zero-order valence-corrected chi connectivity index (χ0v) is 14.5. The molecule has 0 N–H and O–H groups in total. The number of ether oxygens (including phenoxy) is 1. The van der Waals surface area contributed by atoms with Gasteiger partial charge in [-0.2, -0.15) is 4.98 Å². The molecular weight excluding hydrogens is 334 g/mol. The van der Waals surface area contributed by atoms with Crippen LogP contribution < -0.4 is 9.80 Å². The van der Waals surface area contributed by atoms with Crippen LogP contribution in [0.15, 0.2) is 41.2 Å². The fraction of sp³-hybridized carbons (Fsp3) is 0.333. The minimum Gasteiger partial charge on any atom is -0.461 e. The maximum absolute atomic E-state index is 12.2. The highest BCUT2D eigenvalue weighted by Crippen LogP contribution is 2.28. The fourth-order valence-corrected chi connectivity index (χ4v) is 3.17. The van der Waals surface area contributed by atoms with Gasteiger partial charge in [-0.25, -0.2) is 9.78 Å². The van der Waals surface area contributed by atoms with E-state index < -0.39 is 5.97 Å². The van der Waals surface area contributed by atoms with Crippen LogP contribution >= 0.6 is 0 Å². The Hall–Kier alpha value is -3.16. The monoisotopic (exact) mass is 353 g/mol. The van der Waals surface area contributed by atoms with Crippen molar-refractivity contribution in [3.63, 3.8) is 0 Å². The molecule has 0 radical (unpaired) electrons. The maximum atomic E-state index is 12.2. The second-order valence-electron chi connectivity index (χ2n) is 5.94. The van der Waals surface area contributed by atoms with Crippen molar-refractivity contribution in [2.45, 2.75) is 6.92 Å². The SMILES string of the molecule is CCOC(=O)c1noc2ncnc(N3CCN(c4ccccc4)CC3)c12. The number of aromatic nitrogens is 3. The van der Waals surface area contributed by atoms with E-state index in [2.05, 4.69) is 37.1 Å². The smallest absolute Gasteiger partial charge is 0.361 e. The van der Waals surface area contributed by atoms with Gasteiger partial charge in [-0.15, -0.1) is 0 Å². The lowest BCUT2D eigenvalue weighted by Gasteiger charge is -2.36. The lowest BCUT2D eigenvalue weighted by atomic mass is 10.2. The molecule has 26 heavy (non-hydrogen) atoms. The molecule has 0 unspecified atom stereocenters. The third-order valence-electron chi connectivity index (χ3n) is 4.42. The van der Waals surface area contributed by atoms with Gasteiger partial charge in [-0.05, 0) is 19.1 Å². The van der Waals surface area contributed by atoms with E-state index in [1.807, 2.05) is 18.2 Å². The van der Waals surface area contributed by atoms with Crippen LogP contribution in [-0.2, 0) is 4.74 Å². The largest absolute Gasteiger partial charge is 0.461 e. The van der Waals surface area contributed by atoms with E-state index in [9.17, 15) is 4.79 Å². The van der Waals surface area contributed by atoms with E-state index in [0.717, 1.165) is 26.2 Å². The van der Waals surface area contributed by atoms with Gasteiger partial charge in [0.25, 0.3) is 5.71 Å². The average molecular weight is 353 g/mol. The Labute approximate surface area is 150 Å². The molecule has 0 saturated carbocycles. The van der Waals surface area contributed by atoms with Gasteiger partial charge in [0.05, 0.1) is 6.61 Å². The molecule has 4 rings (SSSR count). The van der Waals surface area contributed by atoms with Crippen LogP contribution in [0.2, 0.25) is 0 Å². The van der Waals surface area contributed by atoms with E-state index in [-0.39, 0.29) is 12.3 Å². The Bertz CT molecular complexity index is 904. The van der Waals surface area contributed by atoms with Crippen molar-refractivity contribution in [3.8, 4) is 0 Å². The number of anilines is 2. The number of benzene rings is 1. The number of carbonyl (C=O) groups is 1. The van der Waals surface area contributed by atoms with Crippen LogP contribution in [0.5, 0.6) is 0 Å². The Morgan fingerprint density at radius 1 is 1.12 bits per heavy atom. The molecule has 1 aliphatic heterocycles. The summed E-state index contributed by atoms with van der Waals surface area (Å²) in [5.41, 5.74) is 1.63. The predicted octanol–water partition coefficient (Wildman–Crippen LogP) is 2.12. The van der Waals surface area contributed by atoms with Crippen molar-refractivity contribution in [3.05, 3.63) is 42.4 Å². The summed E-state index contributed by atoms with van der Waals surface area (Å²) in [4.78, 5) is 25.1. The summed E-state index contributed by atoms with van der Waals surface area (Å²) in [6.45, 7) is 5.28. The number of hydrogen-bond donors (Lipinski definition) is 0. The molecule has 1 aromatic carbocycles. The quantitative estimate of drug-likeness (QED) is 0.660. The fourth-order valence-electron chi connectivity index (χ4n) is 3.17. The highest BCUT2D eigenvalue weighted by Gasteiger charge is 2.26. The first-order valence-electron chi connectivity index (χ1n) is 8.60. The molecule has 0 aliphatic carbocycles. The second kappa shape index (κ2) is 6.99. The molecule has 134 valence electrons. The molecule has 2 aromatic heterocycles. The van der Waals surface area contributed by atoms with Crippen molar-refractivity contribution in [2.75, 3.05) is 42.6 Å². The molecule has 3 aromatic rings. The van der Waals surface area contributed by atoms with Gasteiger partial charge in [0.15, 0.2) is 0 Å². The van der Waals surface area contributed by atoms with Gasteiger partial charge in [0, 0.05) is 31.9 Å². The van der Waals surface area contributed by atoms with Gasteiger partial charge < -0.3 is 19.1 Å². The van der Waals surface area contributed by atoms with Crippen molar-refractivity contribution in [2.24, 2.45) is 0 Å². The first-order valence-corrected chi connectivity index (χ1v) is 8.60. The van der Waals surface area contributed by atoms with Gasteiger partial charge in [0.1, 0.15) is 17.5 Å². The Morgan fingerprint density at radius 3 is 2.58 bits per heavy atom. The molecule has 0 spiro atoms. The third kappa shape index (κ3) is 2.94. The number of piperazine rings is 1. The predicted molar refractivity (Wildman–Crippen MR) is 96.4 cm³/mol. The van der Waals surface area contributed by atoms with Crippen LogP contribution in [-0.4, -0.2) is 53.9 Å². The molecule has 8 nitrogen and oxygen atoms in total. The number of hydrogen-bond acceptors (Lipinski definition) is 8. The van der Waals surface area contributed by atoms with Crippen LogP contribution in [0.1, 0.15) is 17.4 Å². The minimum atomic E-state index is -0.523. The Kier molecular flexibility index (Phi) is 4.39. The topological polar surface area (TPSA) is 84.6 Å². The van der Waals surface area contributed by atoms with E-state index in [1.54, 1.807) is 6.92 Å². The normalized spacial score (nSPS) is 14.7. The Balaban J connectivity index is 1.60. The summed E-state index contributed by atoms with van der Waals surface area (Å²) < 4.78 is 10.3. The van der Waals surface area contributed by atoms with E-state index in [4.69, 9.17) is 9.26 Å². The van der Waals surface area contributed by atoms with Crippen LogP contribution in [0, 0.1) is 0 Å². The lowest BCUT2D eigenvalue weighted by molar-refractivity contribution is 0.0517. The highest BCUT2D eigenvalue weighted by molar-refractivity contribution is 6.04.